The maximum Gasteiger partial charge on any atom is 0.328 e. The maximum absolute atomic E-state index is 12.5. The molecular weight excluding hydrogens is 374 g/mol. The first-order valence-electron chi connectivity index (χ1n) is 12.1. The Morgan fingerprint density at radius 1 is 0.833 bits per heavy atom. The van der Waals surface area contributed by atoms with Crippen LogP contribution in [0.5, 0.6) is 0 Å². The van der Waals surface area contributed by atoms with Crippen molar-refractivity contribution in [3.05, 3.63) is 35.4 Å². The number of unbranched alkanes of at least 4 members (excludes halogenated alkanes) is 9. The van der Waals surface area contributed by atoms with Crippen molar-refractivity contribution >= 4 is 11.9 Å². The number of nitrogens with one attached hydrogen (secondary N) is 1. The third kappa shape index (κ3) is 10.8. The quantitative estimate of drug-likeness (QED) is 0.248. The molecule has 30 heavy (non-hydrogen) atoms. The van der Waals surface area contributed by atoms with Gasteiger partial charge in [-0.1, -0.05) is 97.6 Å². The Labute approximate surface area is 184 Å². The summed E-state index contributed by atoms with van der Waals surface area (Å²) in [6, 6.07) is 6.89. The number of aryl methyl sites for hydroxylation is 1. The molecule has 1 atom stereocenters. The molecule has 1 aromatic carbocycles. The predicted octanol–water partition coefficient (Wildman–Crippen LogP) is 6.47. The van der Waals surface area contributed by atoms with Crippen LogP contribution in [0.2, 0.25) is 0 Å². The fourth-order valence-corrected chi connectivity index (χ4v) is 3.47. The lowest BCUT2D eigenvalue weighted by molar-refractivity contribution is -0.147. The third-order valence-corrected chi connectivity index (χ3v) is 5.57. The molecule has 0 spiro atoms. The van der Waals surface area contributed by atoms with Gasteiger partial charge in [-0.3, -0.25) is 4.79 Å². The summed E-state index contributed by atoms with van der Waals surface area (Å²) in [5.74, 6) is -0.587. The van der Waals surface area contributed by atoms with Crippen molar-refractivity contribution in [1.82, 2.24) is 5.32 Å². The standard InChI is InChI=1S/C26H43NO3/c1-5-7-8-9-10-11-12-13-14-15-20-30-26(29)24(21(3)4)27-25(28)23-18-16-22(6-2)17-19-23/h16-19,21,24H,5-15,20H2,1-4H3,(H,27,28). The number of carbonyl (C=O) groups is 2. The Morgan fingerprint density at radius 3 is 1.87 bits per heavy atom. The van der Waals surface area contributed by atoms with Crippen LogP contribution in [0.15, 0.2) is 24.3 Å². The number of rotatable bonds is 16. The molecule has 1 N–H and O–H groups in total. The van der Waals surface area contributed by atoms with E-state index < -0.39 is 6.04 Å². The van der Waals surface area contributed by atoms with E-state index in [9.17, 15) is 9.59 Å². The molecule has 0 bridgehead atoms. The van der Waals surface area contributed by atoms with E-state index in [-0.39, 0.29) is 17.8 Å². The minimum atomic E-state index is -0.619. The molecule has 0 saturated carbocycles. The number of esters is 1. The molecule has 4 nitrogen and oxygen atoms in total. The summed E-state index contributed by atoms with van der Waals surface area (Å²) in [6.45, 7) is 8.60. The molecule has 1 amide bonds. The first-order chi connectivity index (χ1) is 14.5. The van der Waals surface area contributed by atoms with E-state index in [0.29, 0.717) is 12.2 Å². The van der Waals surface area contributed by atoms with Crippen LogP contribution in [0.4, 0.5) is 0 Å². The Hall–Kier alpha value is -1.84. The van der Waals surface area contributed by atoms with E-state index >= 15 is 0 Å². The van der Waals surface area contributed by atoms with Crippen molar-refractivity contribution < 1.29 is 14.3 Å². The van der Waals surface area contributed by atoms with Crippen molar-refractivity contribution in [2.75, 3.05) is 6.61 Å². The van der Waals surface area contributed by atoms with Crippen molar-refractivity contribution in [3.63, 3.8) is 0 Å². The number of ether oxygens (including phenoxy) is 1. The first kappa shape index (κ1) is 26.2. The Kier molecular flexibility index (Phi) is 13.9. The summed E-state index contributed by atoms with van der Waals surface area (Å²) in [6.07, 6.45) is 13.4. The number of benzene rings is 1. The molecule has 170 valence electrons. The van der Waals surface area contributed by atoms with Crippen molar-refractivity contribution in [2.24, 2.45) is 5.92 Å². The summed E-state index contributed by atoms with van der Waals surface area (Å²) in [5, 5.41) is 2.85. The molecule has 0 saturated heterocycles. The molecule has 0 radical (unpaired) electrons. The van der Waals surface area contributed by atoms with Gasteiger partial charge in [0, 0.05) is 5.56 Å². The van der Waals surface area contributed by atoms with Gasteiger partial charge < -0.3 is 10.1 Å². The molecule has 1 rings (SSSR count). The van der Waals surface area contributed by atoms with Crippen LogP contribution in [0, 0.1) is 5.92 Å². The Bertz CT molecular complexity index is 595. The normalized spacial score (nSPS) is 12.0. The lowest BCUT2D eigenvalue weighted by atomic mass is 10.0. The predicted molar refractivity (Wildman–Crippen MR) is 125 cm³/mol. The highest BCUT2D eigenvalue weighted by molar-refractivity contribution is 5.96. The summed E-state index contributed by atoms with van der Waals surface area (Å²) in [7, 11) is 0. The summed E-state index contributed by atoms with van der Waals surface area (Å²) < 4.78 is 5.46. The number of hydrogen-bond donors (Lipinski definition) is 1. The van der Waals surface area contributed by atoms with E-state index in [2.05, 4.69) is 19.2 Å². The molecule has 0 aromatic heterocycles. The second kappa shape index (κ2) is 15.9. The summed E-state index contributed by atoms with van der Waals surface area (Å²) in [4.78, 5) is 25.0. The van der Waals surface area contributed by atoms with Gasteiger partial charge in [-0.05, 0) is 36.5 Å². The van der Waals surface area contributed by atoms with Gasteiger partial charge in [0.2, 0.25) is 0 Å². The maximum atomic E-state index is 12.5. The van der Waals surface area contributed by atoms with Crippen LogP contribution in [-0.2, 0) is 16.0 Å². The highest BCUT2D eigenvalue weighted by atomic mass is 16.5. The van der Waals surface area contributed by atoms with Crippen LogP contribution in [-0.4, -0.2) is 24.5 Å². The van der Waals surface area contributed by atoms with Gasteiger partial charge in [0.1, 0.15) is 6.04 Å². The number of amides is 1. The van der Waals surface area contributed by atoms with Crippen LogP contribution in [0.25, 0.3) is 0 Å². The van der Waals surface area contributed by atoms with Crippen LogP contribution in [0.1, 0.15) is 108 Å². The van der Waals surface area contributed by atoms with Gasteiger partial charge in [-0.2, -0.15) is 0 Å². The monoisotopic (exact) mass is 417 g/mol. The summed E-state index contributed by atoms with van der Waals surface area (Å²) in [5.41, 5.74) is 1.75. The highest BCUT2D eigenvalue weighted by Crippen LogP contribution is 2.12. The van der Waals surface area contributed by atoms with E-state index in [1.54, 1.807) is 12.1 Å². The van der Waals surface area contributed by atoms with Gasteiger partial charge in [-0.25, -0.2) is 4.79 Å². The first-order valence-corrected chi connectivity index (χ1v) is 12.1. The largest absolute Gasteiger partial charge is 0.464 e. The van der Waals surface area contributed by atoms with E-state index in [4.69, 9.17) is 4.74 Å². The van der Waals surface area contributed by atoms with Gasteiger partial charge in [0.15, 0.2) is 0 Å². The van der Waals surface area contributed by atoms with Crippen molar-refractivity contribution in [3.8, 4) is 0 Å². The van der Waals surface area contributed by atoms with Gasteiger partial charge in [-0.15, -0.1) is 0 Å². The lowest BCUT2D eigenvalue weighted by Gasteiger charge is -2.21. The number of hydrogen-bond acceptors (Lipinski definition) is 3. The Morgan fingerprint density at radius 2 is 1.37 bits per heavy atom. The van der Waals surface area contributed by atoms with Crippen LogP contribution >= 0.6 is 0 Å². The van der Waals surface area contributed by atoms with Crippen molar-refractivity contribution in [2.45, 2.75) is 104 Å². The zero-order valence-corrected chi connectivity index (χ0v) is 19.7. The fourth-order valence-electron chi connectivity index (χ4n) is 3.47. The second-order valence-corrected chi connectivity index (χ2v) is 8.60. The molecule has 0 aliphatic carbocycles. The van der Waals surface area contributed by atoms with Gasteiger partial charge >= 0.3 is 5.97 Å². The molecule has 4 heteroatoms. The average Bonchev–Trinajstić information content (AvgIpc) is 2.75. The Balaban J connectivity index is 2.26. The molecular formula is C26H43NO3. The van der Waals surface area contributed by atoms with Crippen molar-refractivity contribution in [1.29, 1.82) is 0 Å². The molecule has 0 heterocycles. The lowest BCUT2D eigenvalue weighted by Crippen LogP contribution is -2.45. The minimum Gasteiger partial charge on any atom is -0.464 e. The van der Waals surface area contributed by atoms with E-state index in [1.807, 2.05) is 26.0 Å². The molecule has 1 aromatic rings. The third-order valence-electron chi connectivity index (χ3n) is 5.57. The van der Waals surface area contributed by atoms with Gasteiger partial charge in [0.25, 0.3) is 5.91 Å². The zero-order chi connectivity index (χ0) is 22.2. The molecule has 0 aliphatic heterocycles. The van der Waals surface area contributed by atoms with Crippen LogP contribution < -0.4 is 5.32 Å². The highest BCUT2D eigenvalue weighted by Gasteiger charge is 2.26. The average molecular weight is 418 g/mol. The van der Waals surface area contributed by atoms with E-state index in [1.165, 1.54) is 56.9 Å². The number of carbonyl (C=O) groups excluding carboxylic acids is 2. The minimum absolute atomic E-state index is 0.0240. The van der Waals surface area contributed by atoms with Crippen LogP contribution in [0.3, 0.4) is 0 Å². The molecule has 1 unspecified atom stereocenters. The molecule has 0 aliphatic rings. The fraction of sp³-hybridized carbons (Fsp3) is 0.692. The SMILES string of the molecule is CCCCCCCCCCCCOC(=O)C(NC(=O)c1ccc(CC)cc1)C(C)C. The smallest absolute Gasteiger partial charge is 0.328 e. The van der Waals surface area contributed by atoms with Gasteiger partial charge in [0.05, 0.1) is 6.61 Å². The zero-order valence-electron chi connectivity index (χ0n) is 19.7. The van der Waals surface area contributed by atoms with E-state index in [0.717, 1.165) is 19.3 Å². The second-order valence-electron chi connectivity index (χ2n) is 8.60. The summed E-state index contributed by atoms with van der Waals surface area (Å²) >= 11 is 0. The topological polar surface area (TPSA) is 55.4 Å². The molecule has 0 fully saturated rings.